The van der Waals surface area contributed by atoms with Crippen molar-refractivity contribution in [2.75, 3.05) is 13.7 Å². The van der Waals surface area contributed by atoms with E-state index in [1.807, 2.05) is 0 Å². The molecule has 0 aromatic rings. The Morgan fingerprint density at radius 2 is 2.36 bits per heavy atom. The van der Waals surface area contributed by atoms with Crippen LogP contribution in [0.4, 0.5) is 0 Å². The van der Waals surface area contributed by atoms with Gasteiger partial charge in [0, 0.05) is 0 Å². The lowest BCUT2D eigenvalue weighted by Gasteiger charge is -2.09. The second-order valence-corrected chi connectivity index (χ2v) is 2.84. The highest BCUT2D eigenvalue weighted by Gasteiger charge is 2.34. The predicted molar refractivity (Wildman–Crippen MR) is 51.2 cm³/mol. The monoisotopic (exact) mass is 215 g/mol. The minimum atomic E-state index is -0.540. The zero-order valence-corrected chi connectivity index (χ0v) is 8.59. The Morgan fingerprint density at radius 1 is 1.71 bits per heavy atom. The molecule has 14 heavy (non-hydrogen) atoms. The summed E-state index contributed by atoms with van der Waals surface area (Å²) in [5, 5.41) is -0.0199. The number of carbonyl (C=O) groups is 2. The van der Waals surface area contributed by atoms with Crippen LogP contribution in [0.15, 0.2) is 11.8 Å². The Bertz CT molecular complexity index is 323. The van der Waals surface area contributed by atoms with Crippen molar-refractivity contribution < 1.29 is 19.1 Å². The Morgan fingerprint density at radius 3 is 2.79 bits per heavy atom. The molecule has 0 spiro atoms. The van der Waals surface area contributed by atoms with Gasteiger partial charge in [0.2, 0.25) is 0 Å². The van der Waals surface area contributed by atoms with E-state index in [1.165, 1.54) is 13.2 Å². The summed E-state index contributed by atoms with van der Waals surface area (Å²) in [5.41, 5.74) is 0. The Labute approximate surface area is 86.3 Å². The fraction of sp³-hybridized carbons (Fsp3) is 0.375. The van der Waals surface area contributed by atoms with Gasteiger partial charge in [-0.2, -0.15) is 0 Å². The maximum atomic E-state index is 11.4. The molecule has 0 unspecified atom stereocenters. The number of amides is 1. The molecule has 1 aliphatic heterocycles. The first-order chi connectivity index (χ1) is 6.60. The first kappa shape index (κ1) is 10.6. The third-order valence-corrected chi connectivity index (χ3v) is 1.95. The Hall–Kier alpha value is -1.43. The molecule has 1 amide bonds. The lowest BCUT2D eigenvalue weighted by molar-refractivity contribution is -0.143. The van der Waals surface area contributed by atoms with Crippen LogP contribution >= 0.6 is 12.2 Å². The molecule has 0 saturated carbocycles. The van der Waals surface area contributed by atoms with E-state index in [-0.39, 0.29) is 17.5 Å². The lowest BCUT2D eigenvalue weighted by Crippen LogP contribution is -2.34. The minimum absolute atomic E-state index is 0.0199. The summed E-state index contributed by atoms with van der Waals surface area (Å²) < 4.78 is 9.35. The summed E-state index contributed by atoms with van der Waals surface area (Å²) >= 11 is 4.76. The molecule has 1 rings (SSSR count). The molecule has 1 saturated heterocycles. The molecule has 0 atom stereocenters. The second kappa shape index (κ2) is 4.19. The van der Waals surface area contributed by atoms with E-state index < -0.39 is 11.9 Å². The van der Waals surface area contributed by atoms with E-state index in [0.717, 1.165) is 4.90 Å². The number of allylic oxidation sites excluding steroid dienone is 1. The van der Waals surface area contributed by atoms with Gasteiger partial charge in [0.25, 0.3) is 11.1 Å². The Kier molecular flexibility index (Phi) is 3.19. The van der Waals surface area contributed by atoms with Crippen molar-refractivity contribution in [2.45, 2.75) is 6.92 Å². The number of carbonyl (C=O) groups excluding carboxylic acids is 2. The zero-order chi connectivity index (χ0) is 10.7. The number of ether oxygens (including phenoxy) is 2. The number of hydrogen-bond acceptors (Lipinski definition) is 5. The minimum Gasteiger partial charge on any atom is -0.468 e. The number of esters is 1. The van der Waals surface area contributed by atoms with E-state index in [2.05, 4.69) is 4.74 Å². The lowest BCUT2D eigenvalue weighted by atomic mass is 10.4. The van der Waals surface area contributed by atoms with Crippen molar-refractivity contribution >= 4 is 29.3 Å². The van der Waals surface area contributed by atoms with Gasteiger partial charge in [-0.3, -0.25) is 14.5 Å². The number of rotatable bonds is 2. The van der Waals surface area contributed by atoms with Gasteiger partial charge in [-0.25, -0.2) is 0 Å². The van der Waals surface area contributed by atoms with Gasteiger partial charge < -0.3 is 9.47 Å². The van der Waals surface area contributed by atoms with Gasteiger partial charge >= 0.3 is 5.97 Å². The number of hydrogen-bond donors (Lipinski definition) is 0. The molecule has 0 aromatic carbocycles. The maximum absolute atomic E-state index is 11.4. The van der Waals surface area contributed by atoms with Crippen LogP contribution in [0.2, 0.25) is 0 Å². The van der Waals surface area contributed by atoms with Gasteiger partial charge in [-0.15, -0.1) is 0 Å². The molecular weight excluding hydrogens is 206 g/mol. The van der Waals surface area contributed by atoms with E-state index in [9.17, 15) is 9.59 Å². The molecule has 6 heteroatoms. The summed E-state index contributed by atoms with van der Waals surface area (Å²) in [5.74, 6) is -0.816. The van der Waals surface area contributed by atoms with Crippen molar-refractivity contribution in [3.8, 4) is 0 Å². The second-order valence-electron chi connectivity index (χ2n) is 2.49. The van der Waals surface area contributed by atoms with Crippen molar-refractivity contribution in [3.63, 3.8) is 0 Å². The molecule has 0 N–H and O–H groups in total. The molecular formula is C8H9NO4S. The van der Waals surface area contributed by atoms with Gasteiger partial charge in [0.05, 0.1) is 7.11 Å². The Balaban J connectivity index is 2.76. The summed E-state index contributed by atoms with van der Waals surface area (Å²) in [7, 11) is 1.24. The average molecular weight is 215 g/mol. The molecule has 0 bridgehead atoms. The quantitative estimate of drug-likeness (QED) is 0.374. The van der Waals surface area contributed by atoms with Crippen molar-refractivity contribution in [3.05, 3.63) is 11.8 Å². The SMILES string of the molecule is C/C=C1/OC(=S)N(CC(=O)OC)C1=O. The third-order valence-electron chi connectivity index (χ3n) is 1.65. The summed E-state index contributed by atoms with van der Waals surface area (Å²) in [6.07, 6.45) is 1.49. The van der Waals surface area contributed by atoms with Gasteiger partial charge in [-0.05, 0) is 25.2 Å². The molecule has 1 heterocycles. The molecule has 0 aromatic heterocycles. The number of methoxy groups -OCH3 is 1. The number of nitrogens with zero attached hydrogens (tertiary/aromatic N) is 1. The van der Waals surface area contributed by atoms with Crippen LogP contribution in [0.3, 0.4) is 0 Å². The van der Waals surface area contributed by atoms with Gasteiger partial charge in [0.15, 0.2) is 5.76 Å². The highest BCUT2D eigenvalue weighted by Crippen LogP contribution is 2.16. The maximum Gasteiger partial charge on any atom is 0.325 e. The average Bonchev–Trinajstić information content (AvgIpc) is 2.44. The van der Waals surface area contributed by atoms with Crippen LogP contribution in [-0.2, 0) is 19.1 Å². The highest BCUT2D eigenvalue weighted by molar-refractivity contribution is 7.80. The first-order valence-electron chi connectivity index (χ1n) is 3.87. The van der Waals surface area contributed by atoms with E-state index in [4.69, 9.17) is 17.0 Å². The number of thiocarbonyl (C=S) groups is 1. The van der Waals surface area contributed by atoms with Crippen molar-refractivity contribution in [1.29, 1.82) is 0 Å². The van der Waals surface area contributed by atoms with E-state index in [1.54, 1.807) is 6.92 Å². The van der Waals surface area contributed by atoms with Gasteiger partial charge in [-0.1, -0.05) is 0 Å². The molecule has 5 nitrogen and oxygen atoms in total. The van der Waals surface area contributed by atoms with Crippen LogP contribution in [0.25, 0.3) is 0 Å². The molecule has 1 fully saturated rings. The fourth-order valence-electron chi connectivity index (χ4n) is 0.921. The van der Waals surface area contributed by atoms with Crippen LogP contribution < -0.4 is 0 Å². The summed E-state index contributed by atoms with van der Waals surface area (Å²) in [4.78, 5) is 23.4. The van der Waals surface area contributed by atoms with Gasteiger partial charge in [0.1, 0.15) is 6.54 Å². The smallest absolute Gasteiger partial charge is 0.325 e. The van der Waals surface area contributed by atoms with Crippen LogP contribution in [0.5, 0.6) is 0 Å². The largest absolute Gasteiger partial charge is 0.468 e. The fourth-order valence-corrected chi connectivity index (χ4v) is 1.16. The standard InChI is InChI=1S/C8H9NO4S/c1-3-5-7(11)9(8(14)13-5)4-6(10)12-2/h3H,4H2,1-2H3/b5-3+. The van der Waals surface area contributed by atoms with Crippen LogP contribution in [-0.4, -0.2) is 35.6 Å². The van der Waals surface area contributed by atoms with Crippen molar-refractivity contribution in [1.82, 2.24) is 4.90 Å². The zero-order valence-electron chi connectivity index (χ0n) is 7.77. The molecule has 0 radical (unpaired) electrons. The molecule has 76 valence electrons. The third kappa shape index (κ3) is 1.90. The first-order valence-corrected chi connectivity index (χ1v) is 4.27. The van der Waals surface area contributed by atoms with Crippen molar-refractivity contribution in [2.24, 2.45) is 0 Å². The van der Waals surface area contributed by atoms with Crippen LogP contribution in [0, 0.1) is 0 Å². The van der Waals surface area contributed by atoms with E-state index in [0.29, 0.717) is 0 Å². The topological polar surface area (TPSA) is 55.8 Å². The molecule has 0 aliphatic carbocycles. The summed E-state index contributed by atoms with van der Waals surface area (Å²) in [6, 6.07) is 0. The predicted octanol–water partition coefficient (Wildman–Crippen LogP) is 0.207. The normalized spacial score (nSPS) is 18.7. The molecule has 1 aliphatic rings. The van der Waals surface area contributed by atoms with Crippen LogP contribution in [0.1, 0.15) is 6.92 Å². The summed E-state index contributed by atoms with van der Waals surface area (Å²) in [6.45, 7) is 1.43. The highest BCUT2D eigenvalue weighted by atomic mass is 32.1. The van der Waals surface area contributed by atoms with E-state index >= 15 is 0 Å².